The van der Waals surface area contributed by atoms with Gasteiger partial charge in [0.25, 0.3) is 0 Å². The molecule has 0 aliphatic rings. The highest BCUT2D eigenvalue weighted by atomic mass is 79.9. The molecule has 0 aliphatic carbocycles. The molecule has 1 unspecified atom stereocenters. The molecule has 0 radical (unpaired) electrons. The Bertz CT molecular complexity index is 392. The predicted octanol–water partition coefficient (Wildman–Crippen LogP) is 3.04. The molecule has 18 heavy (non-hydrogen) atoms. The molecule has 0 heterocycles. The van der Waals surface area contributed by atoms with E-state index in [0.717, 1.165) is 23.9 Å². The van der Waals surface area contributed by atoms with Gasteiger partial charge in [-0.3, -0.25) is 4.79 Å². The molecule has 0 saturated carbocycles. The highest BCUT2D eigenvalue weighted by Gasteiger charge is 2.13. The number of carbonyl (C=O) groups is 1. The molecular formula is C13H16BrF2NO. The molecule has 1 rings (SSSR count). The maximum absolute atomic E-state index is 13.3. The molecule has 1 aromatic rings. The van der Waals surface area contributed by atoms with Crippen LogP contribution in [0, 0.1) is 17.6 Å². The summed E-state index contributed by atoms with van der Waals surface area (Å²) in [4.78, 5) is 11.6. The zero-order valence-corrected chi connectivity index (χ0v) is 11.8. The Morgan fingerprint density at radius 2 is 2.00 bits per heavy atom. The van der Waals surface area contributed by atoms with Crippen molar-refractivity contribution in [3.05, 3.63) is 35.4 Å². The van der Waals surface area contributed by atoms with E-state index in [0.29, 0.717) is 12.5 Å². The van der Waals surface area contributed by atoms with Gasteiger partial charge in [-0.2, -0.15) is 0 Å². The number of amides is 1. The van der Waals surface area contributed by atoms with Gasteiger partial charge in [0.1, 0.15) is 11.6 Å². The third-order valence-corrected chi connectivity index (χ3v) is 3.11. The summed E-state index contributed by atoms with van der Waals surface area (Å²) in [5.74, 6) is -1.39. The second-order valence-electron chi connectivity index (χ2n) is 4.26. The Morgan fingerprint density at radius 1 is 1.39 bits per heavy atom. The van der Waals surface area contributed by atoms with Gasteiger partial charge in [0.15, 0.2) is 0 Å². The summed E-state index contributed by atoms with van der Waals surface area (Å²) in [6.45, 7) is 2.52. The minimum absolute atomic E-state index is 0.178. The quantitative estimate of drug-likeness (QED) is 0.802. The van der Waals surface area contributed by atoms with Crippen LogP contribution in [0.15, 0.2) is 18.2 Å². The standard InChI is InChI=1S/C13H16BrF2NO/c1-9(5-6-14)8-17-13(18)7-10-11(15)3-2-4-12(10)16/h2-4,9H,5-8H2,1H3,(H,17,18). The van der Waals surface area contributed by atoms with Gasteiger partial charge in [-0.15, -0.1) is 0 Å². The van der Waals surface area contributed by atoms with Gasteiger partial charge in [-0.1, -0.05) is 28.9 Å². The topological polar surface area (TPSA) is 29.1 Å². The molecule has 1 aromatic carbocycles. The Kier molecular flexibility index (Phi) is 6.25. The van der Waals surface area contributed by atoms with Gasteiger partial charge in [0.05, 0.1) is 6.42 Å². The normalized spacial score (nSPS) is 12.2. The third kappa shape index (κ3) is 4.72. The van der Waals surface area contributed by atoms with Gasteiger partial charge in [0, 0.05) is 17.4 Å². The van der Waals surface area contributed by atoms with Crippen molar-refractivity contribution in [1.82, 2.24) is 5.32 Å². The van der Waals surface area contributed by atoms with Crippen LogP contribution in [0.1, 0.15) is 18.9 Å². The van der Waals surface area contributed by atoms with Gasteiger partial charge in [0.2, 0.25) is 5.91 Å². The Labute approximate surface area is 114 Å². The molecule has 100 valence electrons. The van der Waals surface area contributed by atoms with Gasteiger partial charge in [-0.25, -0.2) is 8.78 Å². The first-order chi connectivity index (χ1) is 8.54. The van der Waals surface area contributed by atoms with Crippen LogP contribution in [-0.2, 0) is 11.2 Å². The smallest absolute Gasteiger partial charge is 0.224 e. The number of rotatable bonds is 6. The minimum Gasteiger partial charge on any atom is -0.356 e. The number of halogens is 3. The van der Waals surface area contributed by atoms with Gasteiger partial charge in [-0.05, 0) is 24.5 Å². The summed E-state index contributed by atoms with van der Waals surface area (Å²) in [7, 11) is 0. The van der Waals surface area contributed by atoms with Crippen molar-refractivity contribution in [2.45, 2.75) is 19.8 Å². The number of alkyl halides is 1. The maximum Gasteiger partial charge on any atom is 0.224 e. The average molecular weight is 320 g/mol. The summed E-state index contributed by atoms with van der Waals surface area (Å²) in [5.41, 5.74) is -0.178. The molecular weight excluding hydrogens is 304 g/mol. The minimum atomic E-state index is -0.682. The number of carbonyl (C=O) groups excluding carboxylic acids is 1. The lowest BCUT2D eigenvalue weighted by atomic mass is 10.1. The van der Waals surface area contributed by atoms with E-state index in [1.165, 1.54) is 6.07 Å². The van der Waals surface area contributed by atoms with Crippen LogP contribution in [0.5, 0.6) is 0 Å². The highest BCUT2D eigenvalue weighted by molar-refractivity contribution is 9.09. The number of benzene rings is 1. The van der Waals surface area contributed by atoms with Gasteiger partial charge >= 0.3 is 0 Å². The highest BCUT2D eigenvalue weighted by Crippen LogP contribution is 2.12. The number of nitrogens with one attached hydrogen (secondary N) is 1. The van der Waals surface area contributed by atoms with E-state index >= 15 is 0 Å². The summed E-state index contributed by atoms with van der Waals surface area (Å²) in [6.07, 6.45) is 0.674. The van der Waals surface area contributed by atoms with E-state index in [9.17, 15) is 13.6 Å². The van der Waals surface area contributed by atoms with E-state index in [2.05, 4.69) is 21.2 Å². The Morgan fingerprint density at radius 3 is 2.56 bits per heavy atom. The molecule has 0 aromatic heterocycles. The third-order valence-electron chi connectivity index (χ3n) is 2.65. The average Bonchev–Trinajstić information content (AvgIpc) is 2.32. The molecule has 0 aliphatic heterocycles. The van der Waals surface area contributed by atoms with Crippen molar-refractivity contribution in [2.24, 2.45) is 5.92 Å². The molecule has 1 atom stereocenters. The fourth-order valence-electron chi connectivity index (χ4n) is 1.50. The largest absolute Gasteiger partial charge is 0.356 e. The van der Waals surface area contributed by atoms with E-state index in [1.807, 2.05) is 6.92 Å². The summed E-state index contributed by atoms with van der Waals surface area (Å²) in [6, 6.07) is 3.59. The lowest BCUT2D eigenvalue weighted by molar-refractivity contribution is -0.120. The molecule has 0 saturated heterocycles. The molecule has 1 N–H and O–H groups in total. The maximum atomic E-state index is 13.3. The number of hydrogen-bond donors (Lipinski definition) is 1. The van der Waals surface area contributed by atoms with E-state index < -0.39 is 11.6 Å². The number of hydrogen-bond acceptors (Lipinski definition) is 1. The van der Waals surface area contributed by atoms with Crippen molar-refractivity contribution in [3.8, 4) is 0 Å². The molecule has 1 amide bonds. The lowest BCUT2D eigenvalue weighted by Crippen LogP contribution is -2.30. The Balaban J connectivity index is 2.50. The van der Waals surface area contributed by atoms with E-state index in [-0.39, 0.29) is 17.9 Å². The zero-order chi connectivity index (χ0) is 13.5. The molecule has 0 spiro atoms. The van der Waals surface area contributed by atoms with Crippen LogP contribution in [0.4, 0.5) is 8.78 Å². The van der Waals surface area contributed by atoms with Crippen LogP contribution in [0.25, 0.3) is 0 Å². The van der Waals surface area contributed by atoms with Crippen LogP contribution in [-0.4, -0.2) is 17.8 Å². The summed E-state index contributed by atoms with van der Waals surface area (Å²) >= 11 is 3.32. The van der Waals surface area contributed by atoms with E-state index in [4.69, 9.17) is 0 Å². The van der Waals surface area contributed by atoms with Crippen molar-refractivity contribution in [1.29, 1.82) is 0 Å². The van der Waals surface area contributed by atoms with Crippen molar-refractivity contribution in [2.75, 3.05) is 11.9 Å². The van der Waals surface area contributed by atoms with Crippen LogP contribution >= 0.6 is 15.9 Å². The fourth-order valence-corrected chi connectivity index (χ4v) is 2.28. The van der Waals surface area contributed by atoms with Crippen molar-refractivity contribution < 1.29 is 13.6 Å². The first-order valence-corrected chi connectivity index (χ1v) is 6.92. The van der Waals surface area contributed by atoms with E-state index in [1.54, 1.807) is 0 Å². The zero-order valence-electron chi connectivity index (χ0n) is 10.2. The Hall–Kier alpha value is -0.970. The SMILES string of the molecule is CC(CCBr)CNC(=O)Cc1c(F)cccc1F. The molecule has 0 bridgehead atoms. The fraction of sp³-hybridized carbons (Fsp3) is 0.462. The van der Waals surface area contributed by atoms with Crippen LogP contribution < -0.4 is 5.32 Å². The van der Waals surface area contributed by atoms with Gasteiger partial charge < -0.3 is 5.32 Å². The monoisotopic (exact) mass is 319 g/mol. The lowest BCUT2D eigenvalue weighted by Gasteiger charge is -2.11. The molecule has 0 fully saturated rings. The first-order valence-electron chi connectivity index (χ1n) is 5.80. The van der Waals surface area contributed by atoms with Crippen LogP contribution in [0.3, 0.4) is 0 Å². The summed E-state index contributed by atoms with van der Waals surface area (Å²) in [5, 5.41) is 3.54. The van der Waals surface area contributed by atoms with Crippen molar-refractivity contribution in [3.63, 3.8) is 0 Å². The second-order valence-corrected chi connectivity index (χ2v) is 5.06. The summed E-state index contributed by atoms with van der Waals surface area (Å²) < 4.78 is 26.6. The second kappa shape index (κ2) is 7.46. The molecule has 5 heteroatoms. The van der Waals surface area contributed by atoms with Crippen LogP contribution in [0.2, 0.25) is 0 Å². The van der Waals surface area contributed by atoms with Crippen molar-refractivity contribution >= 4 is 21.8 Å². The first kappa shape index (κ1) is 15.1. The predicted molar refractivity (Wildman–Crippen MR) is 70.6 cm³/mol. The molecule has 2 nitrogen and oxygen atoms in total.